The van der Waals surface area contributed by atoms with Crippen molar-refractivity contribution in [2.45, 2.75) is 46.5 Å². The number of carbonyl (C=O) groups is 2. The van der Waals surface area contributed by atoms with E-state index in [0.29, 0.717) is 19.6 Å². The molecule has 1 N–H and O–H groups in total. The van der Waals surface area contributed by atoms with Crippen molar-refractivity contribution in [3.63, 3.8) is 0 Å². The molecule has 25 heavy (non-hydrogen) atoms. The van der Waals surface area contributed by atoms with Crippen LogP contribution in [0.15, 0.2) is 12.4 Å². The fraction of sp³-hybridized carbons (Fsp3) is 0.667. The summed E-state index contributed by atoms with van der Waals surface area (Å²) in [6.07, 6.45) is 6.75. The normalized spacial score (nSPS) is 10.6. The Kier molecular flexibility index (Phi) is 9.69. The molecule has 0 saturated carbocycles. The number of amides is 2. The summed E-state index contributed by atoms with van der Waals surface area (Å²) >= 11 is 0. The summed E-state index contributed by atoms with van der Waals surface area (Å²) in [5, 5.41) is 9.12. The van der Waals surface area contributed by atoms with E-state index >= 15 is 0 Å². The summed E-state index contributed by atoms with van der Waals surface area (Å²) in [7, 11) is 0. The SMILES string of the molecule is CCCCCN(CCC)C(=O)c1nccnc1C(=O)N(CC)CCO. The van der Waals surface area contributed by atoms with Gasteiger partial charge in [-0.2, -0.15) is 0 Å². The van der Waals surface area contributed by atoms with Crippen molar-refractivity contribution < 1.29 is 14.7 Å². The van der Waals surface area contributed by atoms with Crippen LogP contribution >= 0.6 is 0 Å². The Hall–Kier alpha value is -2.02. The van der Waals surface area contributed by atoms with Gasteiger partial charge in [0.25, 0.3) is 11.8 Å². The molecule has 0 aromatic carbocycles. The molecule has 0 aliphatic carbocycles. The summed E-state index contributed by atoms with van der Waals surface area (Å²) in [5.74, 6) is -0.632. The number of aromatic nitrogens is 2. The molecule has 1 rings (SSSR count). The Bertz CT molecular complexity index is 551. The third-order valence-electron chi connectivity index (χ3n) is 3.95. The van der Waals surface area contributed by atoms with Crippen LogP contribution in [0.2, 0.25) is 0 Å². The number of aliphatic hydroxyl groups is 1. The number of nitrogens with zero attached hydrogens (tertiary/aromatic N) is 4. The second kappa shape index (κ2) is 11.5. The highest BCUT2D eigenvalue weighted by Gasteiger charge is 2.26. The maximum Gasteiger partial charge on any atom is 0.274 e. The molecule has 0 radical (unpaired) electrons. The average Bonchev–Trinajstić information content (AvgIpc) is 2.64. The van der Waals surface area contributed by atoms with Crippen LogP contribution in [0.3, 0.4) is 0 Å². The van der Waals surface area contributed by atoms with Crippen LogP contribution in [0.25, 0.3) is 0 Å². The van der Waals surface area contributed by atoms with E-state index in [-0.39, 0.29) is 36.4 Å². The number of rotatable bonds is 11. The number of unbranched alkanes of at least 4 members (excludes halogenated alkanes) is 2. The Morgan fingerprint density at radius 1 is 0.880 bits per heavy atom. The lowest BCUT2D eigenvalue weighted by atomic mass is 10.2. The first-order valence-corrected chi connectivity index (χ1v) is 9.10. The van der Waals surface area contributed by atoms with Crippen LogP contribution in [-0.2, 0) is 0 Å². The van der Waals surface area contributed by atoms with Gasteiger partial charge in [0.15, 0.2) is 11.4 Å². The molecule has 0 spiro atoms. The van der Waals surface area contributed by atoms with E-state index in [9.17, 15) is 9.59 Å². The number of hydrogen-bond acceptors (Lipinski definition) is 5. The van der Waals surface area contributed by atoms with Crippen LogP contribution in [0.5, 0.6) is 0 Å². The lowest BCUT2D eigenvalue weighted by Crippen LogP contribution is -2.38. The monoisotopic (exact) mass is 350 g/mol. The minimum atomic E-state index is -0.377. The second-order valence-corrected chi connectivity index (χ2v) is 5.86. The predicted octanol–water partition coefficient (Wildman–Crippen LogP) is 1.97. The van der Waals surface area contributed by atoms with Gasteiger partial charge in [-0.3, -0.25) is 9.59 Å². The van der Waals surface area contributed by atoms with Crippen molar-refractivity contribution >= 4 is 11.8 Å². The fourth-order valence-electron chi connectivity index (χ4n) is 2.61. The fourth-order valence-corrected chi connectivity index (χ4v) is 2.61. The lowest BCUT2D eigenvalue weighted by molar-refractivity contribution is 0.0693. The maximum atomic E-state index is 12.9. The summed E-state index contributed by atoms with van der Waals surface area (Å²) in [5.41, 5.74) is 0.147. The first-order valence-electron chi connectivity index (χ1n) is 9.10. The van der Waals surface area contributed by atoms with Crippen molar-refractivity contribution in [2.75, 3.05) is 32.8 Å². The van der Waals surface area contributed by atoms with E-state index in [2.05, 4.69) is 16.9 Å². The van der Waals surface area contributed by atoms with Crippen LogP contribution in [0.1, 0.15) is 67.4 Å². The quantitative estimate of drug-likeness (QED) is 0.617. The molecule has 7 nitrogen and oxygen atoms in total. The van der Waals surface area contributed by atoms with Gasteiger partial charge in [-0.1, -0.05) is 26.7 Å². The molecule has 1 aromatic heterocycles. The minimum Gasteiger partial charge on any atom is -0.395 e. The molecule has 1 aromatic rings. The van der Waals surface area contributed by atoms with Crippen molar-refractivity contribution in [2.24, 2.45) is 0 Å². The molecule has 0 fully saturated rings. The highest BCUT2D eigenvalue weighted by molar-refractivity contribution is 6.04. The summed E-state index contributed by atoms with van der Waals surface area (Å²) < 4.78 is 0. The van der Waals surface area contributed by atoms with Crippen molar-refractivity contribution in [1.82, 2.24) is 19.8 Å². The molecule has 2 amide bonds. The Morgan fingerprint density at radius 3 is 1.96 bits per heavy atom. The Balaban J connectivity index is 3.06. The standard InChI is InChI=1S/C18H30N4O3/c1-4-7-8-12-22(11-5-2)18(25)16-15(19-9-10-20-16)17(24)21(6-3)13-14-23/h9-10,23H,4-8,11-14H2,1-3H3. The number of carbonyl (C=O) groups excluding carboxylic acids is 2. The smallest absolute Gasteiger partial charge is 0.274 e. The van der Waals surface area contributed by atoms with E-state index in [4.69, 9.17) is 5.11 Å². The highest BCUT2D eigenvalue weighted by Crippen LogP contribution is 2.11. The average molecular weight is 350 g/mol. The molecule has 0 atom stereocenters. The molecular formula is C18H30N4O3. The summed E-state index contributed by atoms with van der Waals surface area (Å²) in [4.78, 5) is 37.1. The second-order valence-electron chi connectivity index (χ2n) is 5.86. The van der Waals surface area contributed by atoms with Crippen molar-refractivity contribution in [3.8, 4) is 0 Å². The third kappa shape index (κ3) is 6.08. The van der Waals surface area contributed by atoms with Gasteiger partial charge in [-0.05, 0) is 19.8 Å². The summed E-state index contributed by atoms with van der Waals surface area (Å²) in [6, 6.07) is 0. The zero-order chi connectivity index (χ0) is 18.7. The van der Waals surface area contributed by atoms with Crippen LogP contribution in [0, 0.1) is 0 Å². The molecule has 140 valence electrons. The van der Waals surface area contributed by atoms with Gasteiger partial charge in [0.05, 0.1) is 6.61 Å². The molecular weight excluding hydrogens is 320 g/mol. The Morgan fingerprint density at radius 2 is 1.48 bits per heavy atom. The maximum absolute atomic E-state index is 12.9. The van der Waals surface area contributed by atoms with E-state index < -0.39 is 0 Å². The third-order valence-corrected chi connectivity index (χ3v) is 3.95. The molecule has 0 unspecified atom stereocenters. The van der Waals surface area contributed by atoms with Gasteiger partial charge in [0.1, 0.15) is 0 Å². The largest absolute Gasteiger partial charge is 0.395 e. The molecule has 0 bridgehead atoms. The van der Waals surface area contributed by atoms with Crippen molar-refractivity contribution in [1.29, 1.82) is 0 Å². The number of hydrogen-bond donors (Lipinski definition) is 1. The minimum absolute atomic E-state index is 0.0550. The molecule has 7 heteroatoms. The van der Waals surface area contributed by atoms with Gasteiger partial charge >= 0.3 is 0 Å². The van der Waals surface area contributed by atoms with Gasteiger partial charge in [0, 0.05) is 38.6 Å². The number of likely N-dealkylation sites (N-methyl/N-ethyl adjacent to an activating group) is 1. The molecule has 0 saturated heterocycles. The van der Waals surface area contributed by atoms with Gasteiger partial charge in [0.2, 0.25) is 0 Å². The zero-order valence-corrected chi connectivity index (χ0v) is 15.6. The highest BCUT2D eigenvalue weighted by atomic mass is 16.3. The van der Waals surface area contributed by atoms with Crippen LogP contribution in [0.4, 0.5) is 0 Å². The topological polar surface area (TPSA) is 86.6 Å². The van der Waals surface area contributed by atoms with E-state index in [1.165, 1.54) is 17.3 Å². The van der Waals surface area contributed by atoms with Crippen molar-refractivity contribution in [3.05, 3.63) is 23.8 Å². The van der Waals surface area contributed by atoms with Crippen LogP contribution < -0.4 is 0 Å². The first kappa shape index (κ1) is 21.0. The van der Waals surface area contributed by atoms with Gasteiger partial charge < -0.3 is 14.9 Å². The molecule has 1 heterocycles. The van der Waals surface area contributed by atoms with E-state index in [1.54, 1.807) is 4.90 Å². The van der Waals surface area contributed by atoms with Gasteiger partial charge in [-0.15, -0.1) is 0 Å². The van der Waals surface area contributed by atoms with Gasteiger partial charge in [-0.25, -0.2) is 9.97 Å². The molecule has 0 aliphatic rings. The Labute approximate surface area is 150 Å². The van der Waals surface area contributed by atoms with E-state index in [1.807, 2.05) is 13.8 Å². The first-order chi connectivity index (χ1) is 12.1. The van der Waals surface area contributed by atoms with E-state index in [0.717, 1.165) is 25.7 Å². The number of aliphatic hydroxyl groups excluding tert-OH is 1. The summed E-state index contributed by atoms with van der Waals surface area (Å²) in [6.45, 7) is 7.73. The predicted molar refractivity (Wildman–Crippen MR) is 96.4 cm³/mol. The van der Waals surface area contributed by atoms with Crippen LogP contribution in [-0.4, -0.2) is 69.5 Å². The molecule has 0 aliphatic heterocycles. The lowest BCUT2D eigenvalue weighted by Gasteiger charge is -2.24. The zero-order valence-electron chi connectivity index (χ0n) is 15.6.